The van der Waals surface area contributed by atoms with Crippen LogP contribution in [0.15, 0.2) is 11.1 Å². The van der Waals surface area contributed by atoms with E-state index in [1.165, 1.54) is 5.57 Å². The lowest BCUT2D eigenvalue weighted by molar-refractivity contribution is -0.115. The lowest BCUT2D eigenvalue weighted by Gasteiger charge is -1.99. The highest BCUT2D eigenvalue weighted by molar-refractivity contribution is 5.96. The summed E-state index contributed by atoms with van der Waals surface area (Å²) in [5.41, 5.74) is 2.23. The van der Waals surface area contributed by atoms with E-state index in [4.69, 9.17) is 5.26 Å². The van der Waals surface area contributed by atoms with Crippen molar-refractivity contribution >= 4 is 5.78 Å². The first-order valence-electron chi connectivity index (χ1n) is 4.34. The molecule has 0 saturated carbocycles. The number of hydrogen-bond acceptors (Lipinski definition) is 2. The van der Waals surface area contributed by atoms with Gasteiger partial charge in [0.1, 0.15) is 0 Å². The molecular formula is C10H13NO. The van der Waals surface area contributed by atoms with Gasteiger partial charge in [-0.2, -0.15) is 5.26 Å². The Morgan fingerprint density at radius 3 is 2.83 bits per heavy atom. The largest absolute Gasteiger partial charge is 0.295 e. The number of carbonyl (C=O) groups is 1. The van der Waals surface area contributed by atoms with Crippen molar-refractivity contribution in [2.75, 3.05) is 0 Å². The van der Waals surface area contributed by atoms with Gasteiger partial charge in [-0.05, 0) is 31.8 Å². The summed E-state index contributed by atoms with van der Waals surface area (Å²) in [6, 6.07) is 1.99. The fourth-order valence-electron chi connectivity index (χ4n) is 1.59. The average Bonchev–Trinajstić information content (AvgIpc) is 2.47. The molecule has 0 atom stereocenters. The Bertz CT molecular complexity index is 258. The van der Waals surface area contributed by atoms with Gasteiger partial charge in [-0.15, -0.1) is 0 Å². The fourth-order valence-corrected chi connectivity index (χ4v) is 1.59. The standard InChI is InChI=1S/C10H13NO/c1-8-4-2-5-9(8)10(12)6-3-7-11/h2-6H2,1H3. The van der Waals surface area contributed by atoms with Crippen molar-refractivity contribution in [1.82, 2.24) is 0 Å². The molecule has 12 heavy (non-hydrogen) atoms. The quantitative estimate of drug-likeness (QED) is 0.640. The summed E-state index contributed by atoms with van der Waals surface area (Å²) in [5.74, 6) is 0.187. The molecule has 0 amide bonds. The van der Waals surface area contributed by atoms with Gasteiger partial charge in [0.05, 0.1) is 6.07 Å². The van der Waals surface area contributed by atoms with Crippen LogP contribution >= 0.6 is 0 Å². The number of hydrogen-bond donors (Lipinski definition) is 0. The highest BCUT2D eigenvalue weighted by atomic mass is 16.1. The summed E-state index contributed by atoms with van der Waals surface area (Å²) >= 11 is 0. The van der Waals surface area contributed by atoms with E-state index in [0.717, 1.165) is 24.8 Å². The number of carbonyl (C=O) groups excluding carboxylic acids is 1. The van der Waals surface area contributed by atoms with E-state index in [9.17, 15) is 4.79 Å². The van der Waals surface area contributed by atoms with Crippen LogP contribution in [0.3, 0.4) is 0 Å². The molecule has 1 aliphatic rings. The van der Waals surface area contributed by atoms with E-state index >= 15 is 0 Å². The van der Waals surface area contributed by atoms with E-state index in [-0.39, 0.29) is 5.78 Å². The maximum absolute atomic E-state index is 11.4. The Labute approximate surface area is 72.9 Å². The Balaban J connectivity index is 2.53. The minimum absolute atomic E-state index is 0.187. The third-order valence-corrected chi connectivity index (χ3v) is 2.29. The number of nitrogens with zero attached hydrogens (tertiary/aromatic N) is 1. The second-order valence-corrected chi connectivity index (χ2v) is 3.19. The molecule has 0 aromatic carbocycles. The third kappa shape index (κ3) is 1.94. The first kappa shape index (κ1) is 8.99. The predicted molar refractivity (Wildman–Crippen MR) is 46.4 cm³/mol. The van der Waals surface area contributed by atoms with E-state index in [0.29, 0.717) is 12.8 Å². The van der Waals surface area contributed by atoms with Gasteiger partial charge < -0.3 is 0 Å². The van der Waals surface area contributed by atoms with Crippen molar-refractivity contribution in [2.24, 2.45) is 0 Å². The fraction of sp³-hybridized carbons (Fsp3) is 0.600. The Hall–Kier alpha value is -1.10. The molecule has 0 radical (unpaired) electrons. The summed E-state index contributed by atoms with van der Waals surface area (Å²) in [4.78, 5) is 11.4. The highest BCUT2D eigenvalue weighted by Gasteiger charge is 2.16. The SMILES string of the molecule is CC1=C(C(=O)CCC#N)CCC1. The molecule has 0 aromatic heterocycles. The number of nitriles is 1. The van der Waals surface area contributed by atoms with Crippen LogP contribution in [0.4, 0.5) is 0 Å². The first-order valence-corrected chi connectivity index (χ1v) is 4.34. The molecule has 0 N–H and O–H groups in total. The molecule has 0 aliphatic heterocycles. The Kier molecular flexibility index (Phi) is 3.04. The zero-order chi connectivity index (χ0) is 8.97. The lowest BCUT2D eigenvalue weighted by atomic mass is 10.0. The molecule has 0 saturated heterocycles. The number of rotatable bonds is 3. The third-order valence-electron chi connectivity index (χ3n) is 2.29. The normalized spacial score (nSPS) is 16.3. The smallest absolute Gasteiger partial charge is 0.159 e. The predicted octanol–water partition coefficient (Wildman–Crippen LogP) is 2.36. The monoisotopic (exact) mass is 163 g/mol. The zero-order valence-corrected chi connectivity index (χ0v) is 7.39. The second kappa shape index (κ2) is 4.06. The van der Waals surface area contributed by atoms with Crippen molar-refractivity contribution < 1.29 is 4.79 Å². The van der Waals surface area contributed by atoms with Crippen LogP contribution < -0.4 is 0 Å². The van der Waals surface area contributed by atoms with E-state index < -0.39 is 0 Å². The van der Waals surface area contributed by atoms with Crippen LogP contribution in [-0.2, 0) is 4.79 Å². The van der Waals surface area contributed by atoms with Gasteiger partial charge in [0.2, 0.25) is 0 Å². The maximum Gasteiger partial charge on any atom is 0.159 e. The van der Waals surface area contributed by atoms with Crippen molar-refractivity contribution in [1.29, 1.82) is 5.26 Å². The highest BCUT2D eigenvalue weighted by Crippen LogP contribution is 2.26. The van der Waals surface area contributed by atoms with E-state index in [1.54, 1.807) is 0 Å². The second-order valence-electron chi connectivity index (χ2n) is 3.19. The Morgan fingerprint density at radius 2 is 2.33 bits per heavy atom. The molecule has 2 nitrogen and oxygen atoms in total. The van der Waals surface area contributed by atoms with Crippen molar-refractivity contribution in [2.45, 2.75) is 39.0 Å². The molecule has 1 aliphatic carbocycles. The summed E-state index contributed by atoms with van der Waals surface area (Å²) < 4.78 is 0. The molecule has 0 bridgehead atoms. The molecule has 64 valence electrons. The van der Waals surface area contributed by atoms with Gasteiger partial charge in [-0.3, -0.25) is 4.79 Å². The van der Waals surface area contributed by atoms with Crippen molar-refractivity contribution in [3.8, 4) is 6.07 Å². The summed E-state index contributed by atoms with van der Waals surface area (Å²) in [5, 5.41) is 8.31. The minimum Gasteiger partial charge on any atom is -0.295 e. The van der Waals surface area contributed by atoms with Gasteiger partial charge in [-0.1, -0.05) is 5.57 Å². The molecule has 1 rings (SSSR count). The number of Topliss-reactive ketones (excluding diaryl/α,β-unsaturated/α-hetero) is 1. The summed E-state index contributed by atoms with van der Waals surface area (Å²) in [7, 11) is 0. The van der Waals surface area contributed by atoms with Crippen LogP contribution in [0, 0.1) is 11.3 Å². The summed E-state index contributed by atoms with van der Waals surface area (Å²) in [6.07, 6.45) is 3.86. The zero-order valence-electron chi connectivity index (χ0n) is 7.39. The molecule has 0 fully saturated rings. The van der Waals surface area contributed by atoms with Crippen molar-refractivity contribution in [3.63, 3.8) is 0 Å². The van der Waals surface area contributed by atoms with E-state index in [1.807, 2.05) is 13.0 Å². The summed E-state index contributed by atoms with van der Waals surface area (Å²) in [6.45, 7) is 2.02. The van der Waals surface area contributed by atoms with Gasteiger partial charge in [0.15, 0.2) is 5.78 Å². The van der Waals surface area contributed by atoms with Gasteiger partial charge in [0.25, 0.3) is 0 Å². The van der Waals surface area contributed by atoms with Gasteiger partial charge in [-0.25, -0.2) is 0 Å². The van der Waals surface area contributed by atoms with Crippen LogP contribution in [0.1, 0.15) is 39.0 Å². The Morgan fingerprint density at radius 1 is 1.58 bits per heavy atom. The molecule has 0 aromatic rings. The number of allylic oxidation sites excluding steroid dienone is 2. The number of ketones is 1. The first-order chi connectivity index (χ1) is 5.75. The molecule has 2 heteroatoms. The van der Waals surface area contributed by atoms with Gasteiger partial charge >= 0.3 is 0 Å². The maximum atomic E-state index is 11.4. The van der Waals surface area contributed by atoms with Crippen molar-refractivity contribution in [3.05, 3.63) is 11.1 Å². The van der Waals surface area contributed by atoms with Gasteiger partial charge in [0, 0.05) is 12.8 Å². The van der Waals surface area contributed by atoms with Crippen LogP contribution in [0.25, 0.3) is 0 Å². The van der Waals surface area contributed by atoms with Crippen LogP contribution in [0.2, 0.25) is 0 Å². The molecule has 0 heterocycles. The van der Waals surface area contributed by atoms with E-state index in [2.05, 4.69) is 0 Å². The molecular weight excluding hydrogens is 150 g/mol. The van der Waals surface area contributed by atoms with Crippen LogP contribution in [-0.4, -0.2) is 5.78 Å². The minimum atomic E-state index is 0.187. The lowest BCUT2D eigenvalue weighted by Crippen LogP contribution is -2.00. The topological polar surface area (TPSA) is 40.9 Å². The molecule has 0 unspecified atom stereocenters. The van der Waals surface area contributed by atoms with Crippen LogP contribution in [0.5, 0.6) is 0 Å². The molecule has 0 spiro atoms. The average molecular weight is 163 g/mol.